The standard InChI is InChI=1S/C22H24N4O8/c1-11-6-16(28)21(31)22(33-11)14(13-4-5-15(27)17(7-13)32-3)8-18(29)23-9-19(30)24-10-20-25-12(2)26-34-20/h4-7,14,27,31H,8-10H2,1-3H3,(H,23,29)(H,24,30). The summed E-state index contributed by atoms with van der Waals surface area (Å²) in [7, 11) is 1.36. The molecular formula is C22H24N4O8. The van der Waals surface area contributed by atoms with Gasteiger partial charge in [0, 0.05) is 12.5 Å². The summed E-state index contributed by atoms with van der Waals surface area (Å²) in [6.45, 7) is 2.85. The topological polar surface area (TPSA) is 177 Å². The molecule has 0 spiro atoms. The van der Waals surface area contributed by atoms with Crippen molar-refractivity contribution in [2.24, 2.45) is 0 Å². The van der Waals surface area contributed by atoms with Crippen LogP contribution in [0.3, 0.4) is 0 Å². The maximum Gasteiger partial charge on any atom is 0.246 e. The van der Waals surface area contributed by atoms with E-state index in [9.17, 15) is 24.6 Å². The number of nitrogens with one attached hydrogen (secondary N) is 2. The van der Waals surface area contributed by atoms with Crippen LogP contribution in [0.4, 0.5) is 0 Å². The number of ether oxygens (including phenoxy) is 1. The minimum absolute atomic E-state index is 0.00773. The van der Waals surface area contributed by atoms with Crippen molar-refractivity contribution < 1.29 is 33.5 Å². The molecule has 0 radical (unpaired) electrons. The van der Waals surface area contributed by atoms with E-state index in [1.54, 1.807) is 6.92 Å². The van der Waals surface area contributed by atoms with E-state index in [2.05, 4.69) is 20.8 Å². The van der Waals surface area contributed by atoms with Crippen LogP contribution in [-0.2, 0) is 16.1 Å². The van der Waals surface area contributed by atoms with Gasteiger partial charge in [0.2, 0.25) is 28.9 Å². The number of aryl methyl sites for hydroxylation is 2. The van der Waals surface area contributed by atoms with Crippen LogP contribution in [0.1, 0.15) is 41.1 Å². The van der Waals surface area contributed by atoms with E-state index in [1.807, 2.05) is 0 Å². The molecule has 0 saturated carbocycles. The molecular weight excluding hydrogens is 448 g/mol. The number of aromatic nitrogens is 2. The van der Waals surface area contributed by atoms with E-state index >= 15 is 0 Å². The van der Waals surface area contributed by atoms with Crippen molar-refractivity contribution in [2.45, 2.75) is 32.7 Å². The zero-order chi connectivity index (χ0) is 24.8. The highest BCUT2D eigenvalue weighted by molar-refractivity contribution is 5.85. The van der Waals surface area contributed by atoms with Crippen molar-refractivity contribution in [3.05, 3.63) is 63.3 Å². The van der Waals surface area contributed by atoms with Crippen LogP contribution < -0.4 is 20.8 Å². The zero-order valence-electron chi connectivity index (χ0n) is 18.7. The van der Waals surface area contributed by atoms with Crippen molar-refractivity contribution in [1.82, 2.24) is 20.8 Å². The Morgan fingerprint density at radius 1 is 1.15 bits per heavy atom. The lowest BCUT2D eigenvalue weighted by atomic mass is 9.91. The summed E-state index contributed by atoms with van der Waals surface area (Å²) in [5, 5.41) is 28.9. The number of hydrogen-bond acceptors (Lipinski definition) is 10. The molecule has 0 fully saturated rings. The zero-order valence-corrected chi connectivity index (χ0v) is 18.7. The summed E-state index contributed by atoms with van der Waals surface area (Å²) in [6.07, 6.45) is -0.274. The summed E-state index contributed by atoms with van der Waals surface area (Å²) < 4.78 is 15.6. The number of nitrogens with zero attached hydrogens (tertiary/aromatic N) is 2. The number of phenols is 1. The lowest BCUT2D eigenvalue weighted by molar-refractivity contribution is -0.126. The number of hydrogen-bond donors (Lipinski definition) is 4. The highest BCUT2D eigenvalue weighted by atomic mass is 16.5. The molecule has 1 unspecified atom stereocenters. The van der Waals surface area contributed by atoms with Gasteiger partial charge in [0.15, 0.2) is 23.1 Å². The highest BCUT2D eigenvalue weighted by Gasteiger charge is 2.27. The molecule has 12 heteroatoms. The van der Waals surface area contributed by atoms with Crippen molar-refractivity contribution in [2.75, 3.05) is 13.7 Å². The third kappa shape index (κ3) is 5.91. The van der Waals surface area contributed by atoms with Crippen LogP contribution in [0.5, 0.6) is 17.2 Å². The van der Waals surface area contributed by atoms with Gasteiger partial charge in [0.05, 0.1) is 26.1 Å². The molecule has 0 aliphatic heterocycles. The first-order chi connectivity index (χ1) is 16.2. The normalized spacial score (nSPS) is 11.6. The van der Waals surface area contributed by atoms with Crippen molar-refractivity contribution >= 4 is 11.8 Å². The Balaban J connectivity index is 1.75. The maximum absolute atomic E-state index is 12.7. The third-order valence-electron chi connectivity index (χ3n) is 4.84. The lowest BCUT2D eigenvalue weighted by Crippen LogP contribution is -2.37. The van der Waals surface area contributed by atoms with Gasteiger partial charge < -0.3 is 34.5 Å². The second-order valence-electron chi connectivity index (χ2n) is 7.41. The second kappa shape index (κ2) is 10.5. The molecule has 4 N–H and O–H groups in total. The Morgan fingerprint density at radius 2 is 1.91 bits per heavy atom. The van der Waals surface area contributed by atoms with Gasteiger partial charge in [-0.1, -0.05) is 11.2 Å². The fourth-order valence-electron chi connectivity index (χ4n) is 3.22. The van der Waals surface area contributed by atoms with E-state index in [0.717, 1.165) is 6.07 Å². The SMILES string of the molecule is COc1cc(C(CC(=O)NCC(=O)NCc2nc(C)no2)c2oc(C)cc(=O)c2O)ccc1O. The van der Waals surface area contributed by atoms with Crippen LogP contribution in [0.25, 0.3) is 0 Å². The molecule has 0 aliphatic carbocycles. The smallest absolute Gasteiger partial charge is 0.246 e. The lowest BCUT2D eigenvalue weighted by Gasteiger charge is -2.19. The number of aromatic hydroxyl groups is 2. The molecule has 180 valence electrons. The van der Waals surface area contributed by atoms with E-state index < -0.39 is 28.9 Å². The predicted molar refractivity (Wildman–Crippen MR) is 116 cm³/mol. The molecule has 1 atom stereocenters. The summed E-state index contributed by atoms with van der Waals surface area (Å²) in [6, 6.07) is 5.46. The second-order valence-corrected chi connectivity index (χ2v) is 7.41. The molecule has 2 amide bonds. The molecule has 0 bridgehead atoms. The molecule has 2 aromatic heterocycles. The number of amides is 2. The summed E-state index contributed by atoms with van der Waals surface area (Å²) in [5.74, 6) is -1.81. The van der Waals surface area contributed by atoms with Gasteiger partial charge in [0.1, 0.15) is 5.76 Å². The van der Waals surface area contributed by atoms with E-state index in [1.165, 1.54) is 32.2 Å². The van der Waals surface area contributed by atoms with Gasteiger partial charge in [-0.25, -0.2) is 0 Å². The van der Waals surface area contributed by atoms with Crippen LogP contribution in [-0.4, -0.2) is 45.8 Å². The fourth-order valence-corrected chi connectivity index (χ4v) is 3.22. The van der Waals surface area contributed by atoms with Crippen LogP contribution >= 0.6 is 0 Å². The number of rotatable bonds is 9. The van der Waals surface area contributed by atoms with Crippen LogP contribution in [0.15, 0.2) is 38.0 Å². The first-order valence-electron chi connectivity index (χ1n) is 10.2. The largest absolute Gasteiger partial charge is 0.504 e. The molecule has 2 heterocycles. The van der Waals surface area contributed by atoms with Gasteiger partial charge in [-0.15, -0.1) is 0 Å². The van der Waals surface area contributed by atoms with Crippen LogP contribution in [0.2, 0.25) is 0 Å². The molecule has 34 heavy (non-hydrogen) atoms. The Bertz CT molecular complexity index is 1250. The predicted octanol–water partition coefficient (Wildman–Crippen LogP) is 1.01. The summed E-state index contributed by atoms with van der Waals surface area (Å²) in [5.41, 5.74) is -0.226. The number of benzene rings is 1. The highest BCUT2D eigenvalue weighted by Crippen LogP contribution is 2.37. The minimum Gasteiger partial charge on any atom is -0.504 e. The molecule has 3 aromatic rings. The number of carbonyl (C=O) groups is 2. The monoisotopic (exact) mass is 472 g/mol. The number of methoxy groups -OCH3 is 1. The Morgan fingerprint density at radius 3 is 2.59 bits per heavy atom. The number of carbonyl (C=O) groups excluding carboxylic acids is 2. The van der Waals surface area contributed by atoms with E-state index in [4.69, 9.17) is 13.7 Å². The third-order valence-corrected chi connectivity index (χ3v) is 4.84. The average molecular weight is 472 g/mol. The molecule has 3 rings (SSSR count). The van der Waals surface area contributed by atoms with E-state index in [-0.39, 0.29) is 48.4 Å². The first kappa shape index (κ1) is 24.3. The summed E-state index contributed by atoms with van der Waals surface area (Å²) in [4.78, 5) is 40.8. The van der Waals surface area contributed by atoms with Crippen molar-refractivity contribution in [1.29, 1.82) is 0 Å². The minimum atomic E-state index is -0.911. The Labute approximate surface area is 193 Å². The van der Waals surface area contributed by atoms with Gasteiger partial charge in [-0.05, 0) is 31.5 Å². The fraction of sp³-hybridized carbons (Fsp3) is 0.318. The van der Waals surface area contributed by atoms with Crippen molar-refractivity contribution in [3.8, 4) is 17.2 Å². The average Bonchev–Trinajstić information content (AvgIpc) is 3.22. The summed E-state index contributed by atoms with van der Waals surface area (Å²) >= 11 is 0. The van der Waals surface area contributed by atoms with Gasteiger partial charge in [-0.3, -0.25) is 14.4 Å². The molecule has 0 saturated heterocycles. The Hall–Kier alpha value is -4.35. The van der Waals surface area contributed by atoms with E-state index in [0.29, 0.717) is 11.4 Å². The quantitative estimate of drug-likeness (QED) is 0.351. The van der Waals surface area contributed by atoms with Crippen LogP contribution in [0, 0.1) is 13.8 Å². The van der Waals surface area contributed by atoms with Gasteiger partial charge in [0.25, 0.3) is 0 Å². The maximum atomic E-state index is 12.7. The van der Waals surface area contributed by atoms with Gasteiger partial charge >= 0.3 is 0 Å². The first-order valence-corrected chi connectivity index (χ1v) is 10.2. The van der Waals surface area contributed by atoms with Crippen molar-refractivity contribution in [3.63, 3.8) is 0 Å². The van der Waals surface area contributed by atoms with Gasteiger partial charge in [-0.2, -0.15) is 4.98 Å². The molecule has 12 nitrogen and oxygen atoms in total. The Kier molecular flexibility index (Phi) is 7.51. The molecule has 1 aromatic carbocycles. The molecule has 0 aliphatic rings. The number of phenolic OH excluding ortho intramolecular Hbond substituents is 1.